The Morgan fingerprint density at radius 2 is 1.28 bits per heavy atom. The zero-order chi connectivity index (χ0) is 14.5. The standard InChI is InChI=1S/C5H14NO.C4H9NO.C2H6O2.ClH/c1-6(2,3)4-5-7;1-4(6)5(2)3;3-1-2-4;/h7H,4-5H2,1-3H3;1-3H3;3-4H,1-2H2;1H/q+1;;;/p-1. The van der Waals surface area contributed by atoms with Crippen molar-refractivity contribution in [1.82, 2.24) is 4.90 Å². The highest BCUT2D eigenvalue weighted by Gasteiger charge is 2.02. The molecular formula is C11H29ClN2O4. The molecule has 0 atom stereocenters. The summed E-state index contributed by atoms with van der Waals surface area (Å²) in [7, 11) is 9.60. The number of carbonyl (C=O) groups excluding carboxylic acids is 1. The van der Waals surface area contributed by atoms with Gasteiger partial charge in [-0.25, -0.2) is 0 Å². The van der Waals surface area contributed by atoms with Gasteiger partial charge in [0.1, 0.15) is 6.54 Å². The average Bonchev–Trinajstić information content (AvgIpc) is 2.17. The van der Waals surface area contributed by atoms with E-state index in [9.17, 15) is 4.79 Å². The van der Waals surface area contributed by atoms with E-state index in [-0.39, 0.29) is 38.1 Å². The maximum atomic E-state index is 10.1. The third-order valence-corrected chi connectivity index (χ3v) is 1.50. The molecule has 7 heteroatoms. The molecule has 18 heavy (non-hydrogen) atoms. The van der Waals surface area contributed by atoms with E-state index in [1.165, 1.54) is 11.8 Å². The van der Waals surface area contributed by atoms with Gasteiger partial charge >= 0.3 is 0 Å². The lowest BCUT2D eigenvalue weighted by Crippen LogP contribution is -3.00. The summed E-state index contributed by atoms with van der Waals surface area (Å²) in [6, 6.07) is 0. The van der Waals surface area contributed by atoms with Crippen molar-refractivity contribution in [3.63, 3.8) is 0 Å². The number of nitrogens with zero attached hydrogens (tertiary/aromatic N) is 2. The number of carbonyl (C=O) groups is 1. The minimum Gasteiger partial charge on any atom is -1.00 e. The Hall–Kier alpha value is -0.400. The minimum atomic E-state index is -0.125. The third kappa shape index (κ3) is 45.0. The van der Waals surface area contributed by atoms with Gasteiger partial charge in [0, 0.05) is 21.0 Å². The number of hydrogen-bond donors (Lipinski definition) is 3. The van der Waals surface area contributed by atoms with Crippen molar-refractivity contribution in [1.29, 1.82) is 0 Å². The summed E-state index contributed by atoms with van der Waals surface area (Å²) >= 11 is 0. The van der Waals surface area contributed by atoms with Crippen LogP contribution in [-0.4, -0.2) is 92.2 Å². The Bertz CT molecular complexity index is 171. The van der Waals surface area contributed by atoms with Crippen molar-refractivity contribution >= 4 is 5.91 Å². The minimum absolute atomic E-state index is 0. The highest BCUT2D eigenvalue weighted by molar-refractivity contribution is 5.72. The van der Waals surface area contributed by atoms with Crippen molar-refractivity contribution in [3.05, 3.63) is 0 Å². The van der Waals surface area contributed by atoms with Crippen LogP contribution in [0, 0.1) is 0 Å². The summed E-state index contributed by atoms with van der Waals surface area (Å²) < 4.78 is 0.844. The summed E-state index contributed by atoms with van der Waals surface area (Å²) in [6.45, 7) is 2.39. The molecule has 3 N–H and O–H groups in total. The fourth-order valence-electron chi connectivity index (χ4n) is 0.300. The molecule has 0 fully saturated rings. The fourth-order valence-corrected chi connectivity index (χ4v) is 0.300. The molecular weight excluding hydrogens is 260 g/mol. The first kappa shape index (κ1) is 26.2. The van der Waals surface area contributed by atoms with E-state index >= 15 is 0 Å². The molecule has 114 valence electrons. The number of aliphatic hydroxyl groups excluding tert-OH is 3. The van der Waals surface area contributed by atoms with Gasteiger partial charge < -0.3 is 37.1 Å². The van der Waals surface area contributed by atoms with Crippen LogP contribution in [0.5, 0.6) is 0 Å². The van der Waals surface area contributed by atoms with E-state index in [1.807, 2.05) is 0 Å². The largest absolute Gasteiger partial charge is 1.00 e. The predicted octanol–water partition coefficient (Wildman–Crippen LogP) is -4.25. The predicted molar refractivity (Wildman–Crippen MR) is 68.5 cm³/mol. The van der Waals surface area contributed by atoms with Gasteiger partial charge in [-0.15, -0.1) is 0 Å². The van der Waals surface area contributed by atoms with Crippen molar-refractivity contribution < 1.29 is 37.0 Å². The van der Waals surface area contributed by atoms with Crippen LogP contribution in [0.2, 0.25) is 0 Å². The first-order valence-electron chi connectivity index (χ1n) is 5.43. The number of quaternary nitrogens is 1. The van der Waals surface area contributed by atoms with Gasteiger partial charge in [0.25, 0.3) is 0 Å². The Balaban J connectivity index is -0.0000000823. The number of aliphatic hydroxyl groups is 3. The zero-order valence-corrected chi connectivity index (χ0v) is 13.1. The molecule has 6 nitrogen and oxygen atoms in total. The van der Waals surface area contributed by atoms with Crippen LogP contribution >= 0.6 is 0 Å². The SMILES string of the molecule is CC(=O)N(C)C.C[N+](C)(C)CCO.OCCO.[Cl-]. The highest BCUT2D eigenvalue weighted by Crippen LogP contribution is 1.84. The van der Waals surface area contributed by atoms with Crippen LogP contribution in [-0.2, 0) is 4.79 Å². The van der Waals surface area contributed by atoms with Crippen LogP contribution < -0.4 is 12.4 Å². The lowest BCUT2D eigenvalue weighted by Gasteiger charge is -2.21. The first-order chi connectivity index (χ1) is 7.62. The molecule has 0 unspecified atom stereocenters. The number of hydrogen-bond acceptors (Lipinski definition) is 4. The van der Waals surface area contributed by atoms with Crippen molar-refractivity contribution in [2.75, 3.05) is 61.6 Å². The molecule has 0 rings (SSSR count). The number of likely N-dealkylation sites (N-methyl/N-ethyl adjacent to an activating group) is 1. The van der Waals surface area contributed by atoms with Crippen LogP contribution in [0.25, 0.3) is 0 Å². The van der Waals surface area contributed by atoms with E-state index in [4.69, 9.17) is 15.3 Å². The van der Waals surface area contributed by atoms with Crippen molar-refractivity contribution in [2.45, 2.75) is 6.92 Å². The fraction of sp³-hybridized carbons (Fsp3) is 0.909. The van der Waals surface area contributed by atoms with E-state index in [2.05, 4.69) is 21.1 Å². The maximum Gasteiger partial charge on any atom is 0.218 e. The molecule has 0 aliphatic carbocycles. The molecule has 1 amide bonds. The maximum absolute atomic E-state index is 10.1. The Kier molecular flexibility index (Phi) is 24.2. The molecule has 0 saturated heterocycles. The van der Waals surface area contributed by atoms with E-state index in [1.54, 1.807) is 14.1 Å². The zero-order valence-electron chi connectivity index (χ0n) is 12.4. The summed E-state index contributed by atoms with van der Waals surface area (Å²) in [5, 5.41) is 23.6. The van der Waals surface area contributed by atoms with Gasteiger partial charge in [0.05, 0.1) is 41.0 Å². The molecule has 0 bridgehead atoms. The summed E-state index contributed by atoms with van der Waals surface area (Å²) in [5.74, 6) is 0.0926. The van der Waals surface area contributed by atoms with Crippen LogP contribution in [0.15, 0.2) is 0 Å². The molecule has 0 aromatic carbocycles. The lowest BCUT2D eigenvalue weighted by atomic mass is 10.5. The monoisotopic (exact) mass is 288 g/mol. The topological polar surface area (TPSA) is 81.0 Å². The molecule has 0 saturated carbocycles. The highest BCUT2D eigenvalue weighted by atomic mass is 35.5. The quantitative estimate of drug-likeness (QED) is 0.460. The molecule has 0 aliphatic heterocycles. The Morgan fingerprint density at radius 1 is 1.00 bits per heavy atom. The summed E-state index contributed by atoms with van der Waals surface area (Å²) in [4.78, 5) is 11.6. The van der Waals surface area contributed by atoms with E-state index < -0.39 is 0 Å². The second-order valence-corrected chi connectivity index (χ2v) is 4.60. The Morgan fingerprint density at radius 3 is 1.28 bits per heavy atom. The Labute approximate surface area is 117 Å². The number of rotatable bonds is 3. The average molecular weight is 289 g/mol. The molecule has 0 spiro atoms. The molecule has 0 aromatic heterocycles. The summed E-state index contributed by atoms with van der Waals surface area (Å²) in [6.07, 6.45) is 0. The van der Waals surface area contributed by atoms with Crippen LogP contribution in [0.3, 0.4) is 0 Å². The lowest BCUT2D eigenvalue weighted by molar-refractivity contribution is -0.870. The van der Waals surface area contributed by atoms with Gasteiger partial charge in [0.15, 0.2) is 0 Å². The van der Waals surface area contributed by atoms with Gasteiger partial charge in [0.2, 0.25) is 5.91 Å². The van der Waals surface area contributed by atoms with Gasteiger partial charge in [-0.1, -0.05) is 0 Å². The molecule has 0 heterocycles. The molecule has 0 aromatic rings. The van der Waals surface area contributed by atoms with E-state index in [0.717, 1.165) is 11.0 Å². The third-order valence-electron chi connectivity index (χ3n) is 1.50. The van der Waals surface area contributed by atoms with Gasteiger partial charge in [-0.05, 0) is 0 Å². The molecule has 0 aliphatic rings. The first-order valence-corrected chi connectivity index (χ1v) is 5.43. The smallest absolute Gasteiger partial charge is 0.218 e. The van der Waals surface area contributed by atoms with E-state index in [0.29, 0.717) is 0 Å². The van der Waals surface area contributed by atoms with Crippen molar-refractivity contribution in [2.24, 2.45) is 0 Å². The molecule has 0 radical (unpaired) electrons. The van der Waals surface area contributed by atoms with Gasteiger partial charge in [-0.2, -0.15) is 0 Å². The van der Waals surface area contributed by atoms with Gasteiger partial charge in [-0.3, -0.25) is 4.79 Å². The second-order valence-electron chi connectivity index (χ2n) is 4.60. The number of amides is 1. The number of halogens is 1. The summed E-state index contributed by atoms with van der Waals surface area (Å²) in [5.41, 5.74) is 0. The second kappa shape index (κ2) is 16.6. The normalized spacial score (nSPS) is 8.94. The van der Waals surface area contributed by atoms with Crippen molar-refractivity contribution in [3.8, 4) is 0 Å². The van der Waals surface area contributed by atoms with Crippen LogP contribution in [0.1, 0.15) is 6.92 Å². The van der Waals surface area contributed by atoms with Crippen LogP contribution in [0.4, 0.5) is 0 Å².